The molecule has 3 aromatic heterocycles. The average Bonchev–Trinajstić information content (AvgIpc) is 3.73. The lowest BCUT2D eigenvalue weighted by molar-refractivity contribution is -0.664. The molecule has 0 spiro atoms. The van der Waals surface area contributed by atoms with E-state index < -0.39 is 52.4 Å². The Morgan fingerprint density at radius 2 is 1.73 bits per heavy atom. The van der Waals surface area contributed by atoms with Gasteiger partial charge in [-0.05, 0) is 16.7 Å². The Kier molecular flexibility index (Phi) is 8.30. The third-order valence-corrected chi connectivity index (χ3v) is 10.6. The summed E-state index contributed by atoms with van der Waals surface area (Å²) in [6.07, 6.45) is -1.10. The predicted octanol–water partition coefficient (Wildman–Crippen LogP) is 0.893. The van der Waals surface area contributed by atoms with Gasteiger partial charge in [0.15, 0.2) is 0 Å². The van der Waals surface area contributed by atoms with E-state index in [0.717, 1.165) is 29.2 Å². The van der Waals surface area contributed by atoms with Gasteiger partial charge in [-0.25, -0.2) is 18.7 Å². The van der Waals surface area contributed by atoms with Crippen molar-refractivity contribution in [1.82, 2.24) is 28.7 Å². The molecule has 1 fully saturated rings. The van der Waals surface area contributed by atoms with E-state index in [1.54, 1.807) is 9.42 Å². The molecule has 1 saturated heterocycles. The molecule has 0 radical (unpaired) electrons. The van der Waals surface area contributed by atoms with E-state index in [0.29, 0.717) is 4.34 Å². The van der Waals surface area contributed by atoms with Crippen LogP contribution in [0.3, 0.4) is 0 Å². The van der Waals surface area contributed by atoms with Gasteiger partial charge in [0.2, 0.25) is 18.5 Å². The van der Waals surface area contributed by atoms with Crippen LogP contribution in [-0.4, -0.2) is 73.9 Å². The highest BCUT2D eigenvalue weighted by Gasteiger charge is 2.49. The van der Waals surface area contributed by atoms with Gasteiger partial charge in [-0.15, -0.1) is 4.86 Å². The number of hydrogen-bond acceptors (Lipinski definition) is 11. The van der Waals surface area contributed by atoms with Gasteiger partial charge in [0, 0.05) is 12.4 Å². The monoisotopic (exact) mass is 659 g/mol. The number of aliphatic hydroxyl groups excluding tert-OH is 2. The molecule has 4 heterocycles. The molecule has 6 atom stereocenters. The Morgan fingerprint density at radius 1 is 1.02 bits per heavy atom. The lowest BCUT2D eigenvalue weighted by atomic mass is 10.0. The minimum Gasteiger partial charge on any atom is -0.490 e. The van der Waals surface area contributed by atoms with Crippen LogP contribution in [0.1, 0.15) is 11.8 Å². The van der Waals surface area contributed by atoms with Crippen LogP contribution in [0.25, 0.3) is 22.3 Å². The molecular formula is C26H29N8O9P2+. The number of nitrogen functional groups attached to an aromatic ring is 1. The van der Waals surface area contributed by atoms with Gasteiger partial charge in [0.25, 0.3) is 17.0 Å². The topological polar surface area (TPSA) is 244 Å². The smallest absolute Gasteiger partial charge is 0.412 e. The maximum absolute atomic E-state index is 12.5. The minimum atomic E-state index is -4.92. The van der Waals surface area contributed by atoms with Gasteiger partial charge >= 0.3 is 15.4 Å². The first kappa shape index (κ1) is 31.0. The first-order valence-corrected chi connectivity index (χ1v) is 16.6. The highest BCUT2D eigenvalue weighted by molar-refractivity contribution is 7.68. The fourth-order valence-corrected chi connectivity index (χ4v) is 7.76. The maximum Gasteiger partial charge on any atom is 0.412 e. The van der Waals surface area contributed by atoms with Crippen LogP contribution in [0, 0.1) is 0 Å². The summed E-state index contributed by atoms with van der Waals surface area (Å²) in [5, 5.41) is 32.4. The van der Waals surface area contributed by atoms with E-state index in [4.69, 9.17) is 15.0 Å². The van der Waals surface area contributed by atoms with Gasteiger partial charge in [0.05, 0.1) is 6.61 Å². The molecular weight excluding hydrogens is 630 g/mol. The van der Waals surface area contributed by atoms with Crippen molar-refractivity contribution < 1.29 is 48.1 Å². The number of nitrogens with zero attached hydrogens (tertiary/aromatic N) is 6. The zero-order valence-corrected chi connectivity index (χ0v) is 25.0. The summed E-state index contributed by atoms with van der Waals surface area (Å²) in [6, 6.07) is 17.6. The second-order valence-corrected chi connectivity index (χ2v) is 13.9. The first-order valence-electron chi connectivity index (χ1n) is 13.4. The Labute approximate surface area is 254 Å². The first-order chi connectivity index (χ1) is 21.4. The van der Waals surface area contributed by atoms with Gasteiger partial charge in [-0.2, -0.15) is 14.5 Å². The van der Waals surface area contributed by atoms with Crippen LogP contribution < -0.4 is 15.2 Å². The fraction of sp³-hybridized carbons (Fsp3) is 0.231. The minimum absolute atomic E-state index is 0.0785. The maximum atomic E-state index is 12.5. The molecule has 45 heavy (non-hydrogen) atoms. The number of fused-ring (bicyclic) bond motifs is 1. The predicted molar refractivity (Wildman–Crippen MR) is 157 cm³/mol. The molecule has 2 unspecified atom stereocenters. The summed E-state index contributed by atoms with van der Waals surface area (Å²) in [5.74, 6) is -0.686. The zero-order valence-electron chi connectivity index (χ0n) is 23.3. The Balaban J connectivity index is 1.23. The Bertz CT molecular complexity index is 1910. The normalized spacial score (nSPS) is 22.8. The molecule has 17 nitrogen and oxygen atoms in total. The van der Waals surface area contributed by atoms with Crippen molar-refractivity contribution in [3.05, 3.63) is 85.2 Å². The summed E-state index contributed by atoms with van der Waals surface area (Å²) in [5.41, 5.74) is 8.98. The summed E-state index contributed by atoms with van der Waals surface area (Å²) < 4.78 is 39.4. The number of imidazole rings is 2. The molecule has 0 bridgehead atoms. The molecule has 2 aromatic carbocycles. The zero-order chi connectivity index (χ0) is 31.9. The molecule has 0 aliphatic carbocycles. The summed E-state index contributed by atoms with van der Waals surface area (Å²) >= 11 is 0. The number of rotatable bonds is 10. The summed E-state index contributed by atoms with van der Waals surface area (Å²) in [6.45, 7) is -0.510. The molecule has 19 heteroatoms. The second-order valence-electron chi connectivity index (χ2n) is 10.2. The van der Waals surface area contributed by atoms with Gasteiger partial charge in [0.1, 0.15) is 31.2 Å². The van der Waals surface area contributed by atoms with E-state index >= 15 is 0 Å². The highest BCUT2D eigenvalue weighted by Crippen LogP contribution is 2.52. The number of nitrogens with two attached hydrogens (primary N) is 1. The molecule has 6 rings (SSSR count). The van der Waals surface area contributed by atoms with Crippen LogP contribution in [-0.2, 0) is 24.9 Å². The van der Waals surface area contributed by atoms with Gasteiger partial charge in [-0.3, -0.25) is 8.86 Å². The van der Waals surface area contributed by atoms with Crippen molar-refractivity contribution in [3.63, 3.8) is 0 Å². The molecule has 0 amide bonds. The summed E-state index contributed by atoms with van der Waals surface area (Å²) in [7, 11) is -9.51. The number of nitrogens with one attached hydrogen (secondary N) is 1. The third-order valence-electron chi connectivity index (χ3n) is 7.16. The number of hydrogen-bond donors (Lipinski definition) is 7. The number of benzene rings is 2. The quantitative estimate of drug-likeness (QED) is 0.0814. The Hall–Kier alpha value is -4.02. The number of aliphatic hydroxyl groups is 2. The highest BCUT2D eigenvalue weighted by atomic mass is 31.3. The SMILES string of the molecule is Nc1nc(O)c2c(n1)n([C@@H]1O[C@H](COP(=O)(O)NP(=O)(O)n3ccnc3)[C@@H](O)[C@H]1O)c[n+]2Cc1ccc(-c2ccccc2)cc1. The largest absolute Gasteiger partial charge is 0.490 e. The van der Waals surface area contributed by atoms with Crippen LogP contribution in [0.4, 0.5) is 5.95 Å². The number of ether oxygens (including phenoxy) is 1. The van der Waals surface area contributed by atoms with Gasteiger partial charge in [-0.1, -0.05) is 54.6 Å². The lowest BCUT2D eigenvalue weighted by Gasteiger charge is -2.20. The van der Waals surface area contributed by atoms with Crippen molar-refractivity contribution in [2.75, 3.05) is 12.3 Å². The van der Waals surface area contributed by atoms with Crippen LogP contribution in [0.5, 0.6) is 5.88 Å². The molecule has 236 valence electrons. The molecule has 1 aliphatic rings. The standard InChI is InChI=1S/C26H28N8O9P2/c27-26-29-23-20(24(37)30-26)32(12-16-6-8-18(9-7-16)17-4-2-1-3-5-17)15-34(23)25-22(36)21(35)19(43-25)13-42-45(40,41)31-44(38,39)33-11-10-28-14-33/h1-11,14-15,19,21-22,25,35-36H,12-13H2,(H5-,27,29,30,31,37,38,39,40,41)/p+1/t19-,21-,22-,25-/m1/s1. The van der Waals surface area contributed by atoms with Crippen molar-refractivity contribution in [2.45, 2.75) is 31.1 Å². The van der Waals surface area contributed by atoms with Crippen LogP contribution in [0.2, 0.25) is 0 Å². The fourth-order valence-electron chi connectivity index (χ4n) is 5.01. The van der Waals surface area contributed by atoms with E-state index in [1.165, 1.54) is 17.1 Å². The molecule has 0 saturated carbocycles. The third kappa shape index (κ3) is 6.39. The van der Waals surface area contributed by atoms with Crippen molar-refractivity contribution >= 4 is 32.5 Å². The van der Waals surface area contributed by atoms with E-state index in [-0.39, 0.29) is 23.7 Å². The van der Waals surface area contributed by atoms with Crippen molar-refractivity contribution in [3.8, 4) is 17.0 Å². The average molecular weight is 660 g/mol. The van der Waals surface area contributed by atoms with Gasteiger partial charge < -0.3 is 35.6 Å². The van der Waals surface area contributed by atoms with E-state index in [9.17, 15) is 34.2 Å². The molecule has 8 N–H and O–H groups in total. The second kappa shape index (κ2) is 12.1. The number of aromatic hydroxyl groups is 1. The lowest BCUT2D eigenvalue weighted by Crippen LogP contribution is -2.35. The molecule has 5 aromatic rings. The van der Waals surface area contributed by atoms with Crippen molar-refractivity contribution in [1.29, 1.82) is 0 Å². The van der Waals surface area contributed by atoms with E-state index in [2.05, 4.69) is 15.0 Å². The Morgan fingerprint density at radius 3 is 2.42 bits per heavy atom. The van der Waals surface area contributed by atoms with E-state index in [1.807, 2.05) is 54.6 Å². The summed E-state index contributed by atoms with van der Waals surface area (Å²) in [4.78, 5) is 33.6. The number of anilines is 1. The number of aromatic nitrogens is 6. The van der Waals surface area contributed by atoms with Crippen LogP contribution in [0.15, 0.2) is 79.6 Å². The van der Waals surface area contributed by atoms with Crippen molar-refractivity contribution in [2.24, 2.45) is 0 Å². The van der Waals surface area contributed by atoms with Crippen LogP contribution >= 0.6 is 15.4 Å². The molecule has 1 aliphatic heterocycles.